The van der Waals surface area contributed by atoms with Crippen LogP contribution in [0, 0.1) is 0 Å². The summed E-state index contributed by atoms with van der Waals surface area (Å²) in [5, 5.41) is 13.7. The monoisotopic (exact) mass is 266 g/mol. The molecular formula is C12H14N2O5. The summed E-state index contributed by atoms with van der Waals surface area (Å²) in [4.78, 5) is 21.9. The van der Waals surface area contributed by atoms with Crippen molar-refractivity contribution < 1.29 is 24.2 Å². The van der Waals surface area contributed by atoms with E-state index in [0.29, 0.717) is 30.2 Å². The van der Waals surface area contributed by atoms with Gasteiger partial charge >= 0.3 is 12.0 Å². The quantitative estimate of drug-likeness (QED) is 0.700. The number of aliphatic carboxylic acids is 1. The largest absolute Gasteiger partial charge is 0.481 e. The van der Waals surface area contributed by atoms with Crippen molar-refractivity contribution in [3.05, 3.63) is 18.2 Å². The SMILES string of the molecule is O=C(O)CCCNC(=O)Nc1cccc2c1OCO2. The van der Waals surface area contributed by atoms with Gasteiger partial charge in [-0.05, 0) is 18.6 Å². The van der Waals surface area contributed by atoms with Crippen LogP contribution < -0.4 is 20.1 Å². The average Bonchev–Trinajstić information content (AvgIpc) is 2.84. The maximum atomic E-state index is 11.6. The maximum Gasteiger partial charge on any atom is 0.319 e. The number of urea groups is 1. The van der Waals surface area contributed by atoms with Gasteiger partial charge in [-0.2, -0.15) is 0 Å². The minimum absolute atomic E-state index is 0.0258. The number of carboxylic acids is 1. The second kappa shape index (κ2) is 5.94. The molecule has 0 radical (unpaired) electrons. The predicted molar refractivity (Wildman–Crippen MR) is 66.5 cm³/mol. The molecule has 1 aliphatic heterocycles. The van der Waals surface area contributed by atoms with Crippen LogP contribution in [0.15, 0.2) is 18.2 Å². The lowest BCUT2D eigenvalue weighted by Gasteiger charge is -2.09. The highest BCUT2D eigenvalue weighted by atomic mass is 16.7. The van der Waals surface area contributed by atoms with Crippen LogP contribution in [0.2, 0.25) is 0 Å². The van der Waals surface area contributed by atoms with Crippen molar-refractivity contribution in [1.29, 1.82) is 0 Å². The van der Waals surface area contributed by atoms with Crippen molar-refractivity contribution >= 4 is 17.7 Å². The van der Waals surface area contributed by atoms with Crippen LogP contribution in [0.25, 0.3) is 0 Å². The normalized spacial score (nSPS) is 12.0. The zero-order valence-corrected chi connectivity index (χ0v) is 10.1. The highest BCUT2D eigenvalue weighted by Gasteiger charge is 2.18. The standard InChI is InChI=1S/C12H14N2O5/c15-10(16)5-2-6-13-12(17)14-8-3-1-4-9-11(8)19-7-18-9/h1,3-4H,2,5-7H2,(H,15,16)(H2,13,14,17). The van der Waals surface area contributed by atoms with Crippen molar-refractivity contribution in [1.82, 2.24) is 5.32 Å². The molecule has 0 aliphatic carbocycles. The summed E-state index contributed by atoms with van der Waals surface area (Å²) < 4.78 is 10.4. The predicted octanol–water partition coefficient (Wildman–Crippen LogP) is 1.40. The number of benzene rings is 1. The second-order valence-corrected chi connectivity index (χ2v) is 3.92. The van der Waals surface area contributed by atoms with Gasteiger partial charge in [0, 0.05) is 13.0 Å². The lowest BCUT2D eigenvalue weighted by molar-refractivity contribution is -0.137. The van der Waals surface area contributed by atoms with E-state index >= 15 is 0 Å². The Hall–Kier alpha value is -2.44. The van der Waals surface area contributed by atoms with Gasteiger partial charge in [0.25, 0.3) is 0 Å². The number of carbonyl (C=O) groups is 2. The van der Waals surface area contributed by atoms with Crippen LogP contribution in [0.1, 0.15) is 12.8 Å². The number of nitrogens with one attached hydrogen (secondary N) is 2. The minimum Gasteiger partial charge on any atom is -0.481 e. The van der Waals surface area contributed by atoms with Crippen molar-refractivity contribution in [3.8, 4) is 11.5 Å². The Morgan fingerprint density at radius 1 is 1.32 bits per heavy atom. The Morgan fingerprint density at radius 3 is 2.95 bits per heavy atom. The summed E-state index contributed by atoms with van der Waals surface area (Å²) in [6, 6.07) is 4.78. The minimum atomic E-state index is -0.881. The Labute approximate surface area is 109 Å². The molecule has 0 aromatic heterocycles. The van der Waals surface area contributed by atoms with Crippen LogP contribution in [0.4, 0.5) is 10.5 Å². The van der Waals surface area contributed by atoms with Crippen molar-refractivity contribution in [3.63, 3.8) is 0 Å². The Bertz CT molecular complexity index is 489. The summed E-state index contributed by atoms with van der Waals surface area (Å²) >= 11 is 0. The fraction of sp³-hybridized carbons (Fsp3) is 0.333. The first-order valence-electron chi connectivity index (χ1n) is 5.82. The molecule has 0 saturated carbocycles. The molecule has 19 heavy (non-hydrogen) atoms. The third kappa shape index (κ3) is 3.51. The number of hydrogen-bond donors (Lipinski definition) is 3. The molecule has 1 aromatic rings. The molecule has 0 saturated heterocycles. The molecule has 102 valence electrons. The van der Waals surface area contributed by atoms with Gasteiger partial charge in [0.05, 0.1) is 5.69 Å². The molecule has 1 aliphatic rings. The lowest BCUT2D eigenvalue weighted by Crippen LogP contribution is -2.29. The summed E-state index contributed by atoms with van der Waals surface area (Å²) in [6.07, 6.45) is 0.410. The van der Waals surface area contributed by atoms with Gasteiger partial charge in [-0.3, -0.25) is 4.79 Å². The third-order valence-corrected chi connectivity index (χ3v) is 2.50. The molecule has 0 atom stereocenters. The molecular weight excluding hydrogens is 252 g/mol. The van der Waals surface area contributed by atoms with Gasteiger partial charge in [-0.1, -0.05) is 6.07 Å². The number of fused-ring (bicyclic) bond motifs is 1. The van der Waals surface area contributed by atoms with E-state index in [1.807, 2.05) is 0 Å². The summed E-state index contributed by atoms with van der Waals surface area (Å²) in [6.45, 7) is 0.429. The number of hydrogen-bond acceptors (Lipinski definition) is 4. The molecule has 0 unspecified atom stereocenters. The number of anilines is 1. The van der Waals surface area contributed by atoms with Gasteiger partial charge < -0.3 is 25.2 Å². The fourth-order valence-electron chi connectivity index (χ4n) is 1.64. The number of para-hydroxylation sites is 1. The molecule has 2 rings (SSSR count). The van der Waals surface area contributed by atoms with E-state index in [4.69, 9.17) is 14.6 Å². The van der Waals surface area contributed by atoms with Gasteiger partial charge in [0.15, 0.2) is 11.5 Å². The zero-order chi connectivity index (χ0) is 13.7. The van der Waals surface area contributed by atoms with Gasteiger partial charge in [-0.15, -0.1) is 0 Å². The van der Waals surface area contributed by atoms with E-state index in [2.05, 4.69) is 10.6 Å². The van der Waals surface area contributed by atoms with Gasteiger partial charge in [0.1, 0.15) is 0 Å². The number of rotatable bonds is 5. The second-order valence-electron chi connectivity index (χ2n) is 3.92. The Morgan fingerprint density at radius 2 is 2.16 bits per heavy atom. The molecule has 3 N–H and O–H groups in total. The maximum absolute atomic E-state index is 11.6. The van der Waals surface area contributed by atoms with E-state index in [0.717, 1.165) is 0 Å². The summed E-state index contributed by atoms with van der Waals surface area (Å²) in [5.41, 5.74) is 0.519. The lowest BCUT2D eigenvalue weighted by atomic mass is 10.2. The van der Waals surface area contributed by atoms with Crippen LogP contribution in [-0.2, 0) is 4.79 Å². The van der Waals surface area contributed by atoms with E-state index < -0.39 is 12.0 Å². The third-order valence-electron chi connectivity index (χ3n) is 2.50. The van der Waals surface area contributed by atoms with Crippen LogP contribution >= 0.6 is 0 Å². The Kier molecular flexibility index (Phi) is 4.07. The number of carbonyl (C=O) groups excluding carboxylic acids is 1. The topological polar surface area (TPSA) is 96.9 Å². The van der Waals surface area contributed by atoms with Crippen molar-refractivity contribution in [2.45, 2.75) is 12.8 Å². The van der Waals surface area contributed by atoms with E-state index in [-0.39, 0.29) is 13.2 Å². The molecule has 0 spiro atoms. The van der Waals surface area contributed by atoms with Crippen LogP contribution in [-0.4, -0.2) is 30.4 Å². The first-order valence-corrected chi connectivity index (χ1v) is 5.82. The van der Waals surface area contributed by atoms with Crippen molar-refractivity contribution in [2.75, 3.05) is 18.7 Å². The van der Waals surface area contributed by atoms with Gasteiger partial charge in [-0.25, -0.2) is 4.79 Å². The van der Waals surface area contributed by atoms with E-state index in [1.165, 1.54) is 0 Å². The summed E-state index contributed by atoms with van der Waals surface area (Å²) in [7, 11) is 0. The molecule has 1 heterocycles. The van der Waals surface area contributed by atoms with Crippen LogP contribution in [0.3, 0.4) is 0 Å². The molecule has 7 nitrogen and oxygen atoms in total. The Balaban J connectivity index is 1.83. The average molecular weight is 266 g/mol. The molecule has 2 amide bonds. The highest BCUT2D eigenvalue weighted by Crippen LogP contribution is 2.38. The molecule has 1 aromatic carbocycles. The summed E-state index contributed by atoms with van der Waals surface area (Å²) in [5.74, 6) is 0.209. The van der Waals surface area contributed by atoms with Gasteiger partial charge in [0.2, 0.25) is 6.79 Å². The molecule has 0 fully saturated rings. The number of ether oxygens (including phenoxy) is 2. The van der Waals surface area contributed by atoms with E-state index in [9.17, 15) is 9.59 Å². The number of amides is 2. The first-order chi connectivity index (χ1) is 9.16. The number of carboxylic acid groups (broad SMARTS) is 1. The molecule has 0 bridgehead atoms. The smallest absolute Gasteiger partial charge is 0.319 e. The molecule has 7 heteroatoms. The zero-order valence-electron chi connectivity index (χ0n) is 10.1. The first kappa shape index (κ1) is 13.0. The highest BCUT2D eigenvalue weighted by molar-refractivity contribution is 5.91. The van der Waals surface area contributed by atoms with Crippen molar-refractivity contribution in [2.24, 2.45) is 0 Å². The van der Waals surface area contributed by atoms with E-state index in [1.54, 1.807) is 18.2 Å². The fourth-order valence-corrected chi connectivity index (χ4v) is 1.64. The van der Waals surface area contributed by atoms with Crippen LogP contribution in [0.5, 0.6) is 11.5 Å².